The molecule has 3 amide bonds. The number of pyridine rings is 2. The molecule has 0 radical (unpaired) electrons. The Hall–Kier alpha value is -4.73. The first-order valence-electron chi connectivity index (χ1n) is 18.5. The zero-order chi connectivity index (χ0) is 40.3. The van der Waals surface area contributed by atoms with Crippen molar-refractivity contribution in [3.63, 3.8) is 0 Å². The number of fused-ring (bicyclic) bond motifs is 1. The molecule has 3 atom stereocenters. The molecule has 1 saturated heterocycles. The Morgan fingerprint density at radius 1 is 1.00 bits per heavy atom. The van der Waals surface area contributed by atoms with Crippen molar-refractivity contribution >= 4 is 69.8 Å². The highest BCUT2D eigenvalue weighted by Crippen LogP contribution is 2.41. The minimum absolute atomic E-state index is 0.0103. The largest absolute Gasteiger partial charge is 0.497 e. The van der Waals surface area contributed by atoms with Crippen molar-refractivity contribution in [1.82, 2.24) is 15.3 Å². The van der Waals surface area contributed by atoms with Gasteiger partial charge in [0.2, 0.25) is 5.91 Å². The molecule has 0 aliphatic carbocycles. The lowest BCUT2D eigenvalue weighted by molar-refractivity contribution is -0.114. The summed E-state index contributed by atoms with van der Waals surface area (Å²) >= 11 is 1.38. The number of carbonyl (C=O) groups excluding carboxylic acids is 3. The Morgan fingerprint density at radius 3 is 2.35 bits per heavy atom. The van der Waals surface area contributed by atoms with Crippen molar-refractivity contribution in [1.29, 1.82) is 0 Å². The molecule has 55 heavy (non-hydrogen) atoms. The Kier molecular flexibility index (Phi) is 12.5. The smallest absolute Gasteiger partial charge is 0.408 e. The average molecular weight is 790 g/mol. The quantitative estimate of drug-likeness (QED) is 0.109. The monoisotopic (exact) mass is 789 g/mol. The molecule has 296 valence electrons. The molecule has 15 heteroatoms. The SMILES string of the molecule is COc1ccc(CNc2sc3cc(NC(C)=O)cnc3c2C(=O)Nc2cnccc2N2C[C@H](C)[C@@H](O[Si](C)(C)C(C)(C)C)[C@H](NC(=O)OC(C)(C)C)C2)cc1. The highest BCUT2D eigenvalue weighted by atomic mass is 32.1. The summed E-state index contributed by atoms with van der Waals surface area (Å²) in [6, 6.07) is 11.0. The van der Waals surface area contributed by atoms with Crippen LogP contribution in [-0.2, 0) is 20.5 Å². The average Bonchev–Trinajstić information content (AvgIpc) is 3.45. The molecule has 4 N–H and O–H groups in total. The number of alkyl carbamates (subject to hydrolysis) is 1. The van der Waals surface area contributed by atoms with Gasteiger partial charge >= 0.3 is 6.09 Å². The Labute approximate surface area is 329 Å². The van der Waals surface area contributed by atoms with E-state index in [1.165, 1.54) is 18.3 Å². The van der Waals surface area contributed by atoms with Crippen LogP contribution in [0.1, 0.15) is 71.3 Å². The van der Waals surface area contributed by atoms with E-state index in [0.29, 0.717) is 47.1 Å². The number of hydrogen-bond donors (Lipinski definition) is 4. The summed E-state index contributed by atoms with van der Waals surface area (Å²) in [6.07, 6.45) is 4.11. The van der Waals surface area contributed by atoms with E-state index in [9.17, 15) is 14.4 Å². The molecule has 13 nitrogen and oxygen atoms in total. The number of nitrogens with zero attached hydrogens (tertiary/aromatic N) is 3. The van der Waals surface area contributed by atoms with Crippen molar-refractivity contribution in [2.45, 2.75) is 97.8 Å². The molecule has 1 fully saturated rings. The minimum Gasteiger partial charge on any atom is -0.497 e. The van der Waals surface area contributed by atoms with Gasteiger partial charge in [-0.3, -0.25) is 19.6 Å². The number of carbonyl (C=O) groups is 3. The molecule has 1 aliphatic heterocycles. The normalized spacial score (nSPS) is 17.7. The lowest BCUT2D eigenvalue weighted by atomic mass is 9.92. The number of piperidine rings is 1. The van der Waals surface area contributed by atoms with Gasteiger partial charge in [-0.2, -0.15) is 0 Å². The fourth-order valence-electron chi connectivity index (χ4n) is 6.22. The van der Waals surface area contributed by atoms with Crippen LogP contribution in [-0.4, -0.2) is 74.1 Å². The van der Waals surface area contributed by atoms with Gasteiger partial charge in [-0.25, -0.2) is 4.79 Å². The van der Waals surface area contributed by atoms with Gasteiger partial charge in [0.15, 0.2) is 8.32 Å². The Morgan fingerprint density at radius 2 is 1.71 bits per heavy atom. The maximum Gasteiger partial charge on any atom is 0.408 e. The van der Waals surface area contributed by atoms with Gasteiger partial charge in [0.05, 0.1) is 58.9 Å². The van der Waals surface area contributed by atoms with Crippen LogP contribution in [0, 0.1) is 5.92 Å². The lowest BCUT2D eigenvalue weighted by Gasteiger charge is -2.48. The summed E-state index contributed by atoms with van der Waals surface area (Å²) in [4.78, 5) is 50.6. The number of hydrogen-bond acceptors (Lipinski definition) is 11. The van der Waals surface area contributed by atoms with Crippen LogP contribution in [0.5, 0.6) is 5.75 Å². The fraction of sp³-hybridized carbons (Fsp3) is 0.475. The number of amides is 3. The molecule has 0 spiro atoms. The molecule has 0 unspecified atom stereocenters. The molecular formula is C40H55N7O6SSi. The molecule has 1 aromatic carbocycles. The molecule has 3 aromatic heterocycles. The summed E-state index contributed by atoms with van der Waals surface area (Å²) in [5, 5.41) is 13.1. The second-order valence-corrected chi connectivity index (χ2v) is 22.4. The second-order valence-electron chi connectivity index (χ2n) is 16.6. The van der Waals surface area contributed by atoms with E-state index in [1.54, 1.807) is 25.7 Å². The van der Waals surface area contributed by atoms with Gasteiger partial charge in [0.1, 0.15) is 21.9 Å². The van der Waals surface area contributed by atoms with Gasteiger partial charge in [-0.15, -0.1) is 11.3 Å². The van der Waals surface area contributed by atoms with Crippen LogP contribution < -0.4 is 30.9 Å². The molecular weight excluding hydrogens is 735 g/mol. The van der Waals surface area contributed by atoms with Crippen LogP contribution in [0.2, 0.25) is 18.1 Å². The van der Waals surface area contributed by atoms with Gasteiger partial charge in [-0.1, -0.05) is 39.8 Å². The third kappa shape index (κ3) is 10.3. The number of rotatable bonds is 11. The van der Waals surface area contributed by atoms with Crippen LogP contribution in [0.15, 0.2) is 55.0 Å². The van der Waals surface area contributed by atoms with E-state index in [0.717, 1.165) is 21.7 Å². The molecule has 1 aliphatic rings. The first-order chi connectivity index (χ1) is 25.7. The molecule has 0 saturated carbocycles. The van der Waals surface area contributed by atoms with E-state index in [-0.39, 0.29) is 28.9 Å². The Balaban J connectivity index is 1.46. The van der Waals surface area contributed by atoms with Crippen LogP contribution in [0.4, 0.5) is 26.9 Å². The topological polar surface area (TPSA) is 156 Å². The van der Waals surface area contributed by atoms with Crippen molar-refractivity contribution in [3.05, 3.63) is 66.1 Å². The van der Waals surface area contributed by atoms with Crippen LogP contribution in [0.3, 0.4) is 0 Å². The summed E-state index contributed by atoms with van der Waals surface area (Å²) in [5.74, 6) is 0.175. The van der Waals surface area contributed by atoms with Crippen molar-refractivity contribution in [3.8, 4) is 5.75 Å². The maximum atomic E-state index is 14.4. The van der Waals surface area contributed by atoms with Gasteiger partial charge in [0, 0.05) is 38.7 Å². The van der Waals surface area contributed by atoms with Crippen LogP contribution >= 0.6 is 11.3 Å². The molecule has 5 rings (SSSR count). The molecule has 4 heterocycles. The standard InChI is InChI=1S/C40H55N7O6SSi/c1-24-22-47(23-30(46-38(50)52-39(3,4)5)35(24)53-55(10,11)40(6,7)8)31-16-17-41-21-29(31)45-36(49)33-34-32(18-27(20-42-34)44-25(2)48)54-37(33)43-19-26-12-14-28(51-9)15-13-26/h12-18,20-21,24,30,35,43H,19,22-23H2,1-11H3,(H,44,48)(H,45,49)(H,46,50)/t24-,30+,35+/m0/s1. The fourth-order valence-corrected chi connectivity index (χ4v) is 8.74. The lowest BCUT2D eigenvalue weighted by Crippen LogP contribution is -2.63. The van der Waals surface area contributed by atoms with E-state index >= 15 is 0 Å². The zero-order valence-electron chi connectivity index (χ0n) is 33.7. The first-order valence-corrected chi connectivity index (χ1v) is 22.2. The van der Waals surface area contributed by atoms with E-state index in [1.807, 2.05) is 57.2 Å². The van der Waals surface area contributed by atoms with Crippen LogP contribution in [0.25, 0.3) is 10.2 Å². The zero-order valence-corrected chi connectivity index (χ0v) is 35.6. The van der Waals surface area contributed by atoms with Crippen molar-refractivity contribution in [2.24, 2.45) is 5.92 Å². The maximum absolute atomic E-state index is 14.4. The van der Waals surface area contributed by atoms with E-state index in [2.05, 4.69) is 76.9 Å². The number of benzene rings is 1. The number of methoxy groups -OCH3 is 1. The Bertz CT molecular complexity index is 2010. The van der Waals surface area contributed by atoms with E-state index in [4.69, 9.17) is 13.9 Å². The van der Waals surface area contributed by atoms with Gasteiger partial charge in [0.25, 0.3) is 5.91 Å². The number of aromatic nitrogens is 2. The number of anilines is 4. The number of ether oxygens (including phenoxy) is 2. The molecule has 0 bridgehead atoms. The first kappa shape index (κ1) is 41.4. The minimum atomic E-state index is -2.23. The predicted octanol–water partition coefficient (Wildman–Crippen LogP) is 8.26. The predicted molar refractivity (Wildman–Crippen MR) is 223 cm³/mol. The third-order valence-corrected chi connectivity index (χ3v) is 15.5. The second kappa shape index (κ2) is 16.6. The highest BCUT2D eigenvalue weighted by molar-refractivity contribution is 7.23. The summed E-state index contributed by atoms with van der Waals surface area (Å²) in [5.41, 5.74) is 3.00. The number of nitrogens with one attached hydrogen (secondary N) is 4. The van der Waals surface area contributed by atoms with Gasteiger partial charge in [-0.05, 0) is 68.7 Å². The molecule has 4 aromatic rings. The summed E-state index contributed by atoms with van der Waals surface area (Å²) in [6.45, 7) is 21.6. The third-order valence-electron chi connectivity index (χ3n) is 9.90. The van der Waals surface area contributed by atoms with Crippen molar-refractivity contribution < 1.29 is 28.3 Å². The van der Waals surface area contributed by atoms with E-state index < -0.39 is 26.1 Å². The highest BCUT2D eigenvalue weighted by Gasteiger charge is 2.45. The van der Waals surface area contributed by atoms with Gasteiger partial charge < -0.3 is 40.1 Å². The van der Waals surface area contributed by atoms with Crippen molar-refractivity contribution in [2.75, 3.05) is 41.0 Å². The number of thiophene rings is 1. The summed E-state index contributed by atoms with van der Waals surface area (Å²) < 4.78 is 18.7. The summed E-state index contributed by atoms with van der Waals surface area (Å²) in [7, 11) is -0.603.